The first-order valence-corrected chi connectivity index (χ1v) is 11.8. The zero-order valence-corrected chi connectivity index (χ0v) is 19.5. The van der Waals surface area contributed by atoms with Gasteiger partial charge in [-0.15, -0.1) is 0 Å². The zero-order valence-electron chi connectivity index (χ0n) is 19.5. The Morgan fingerprint density at radius 1 is 0.528 bits per heavy atom. The van der Waals surface area contributed by atoms with Crippen LogP contribution in [0.5, 0.6) is 0 Å². The Labute approximate surface area is 211 Å². The lowest BCUT2D eigenvalue weighted by atomic mass is 9.80. The van der Waals surface area contributed by atoms with Gasteiger partial charge >= 0.3 is 0 Å². The summed E-state index contributed by atoms with van der Waals surface area (Å²) in [4.78, 5) is 9.46. The van der Waals surface area contributed by atoms with E-state index in [1.54, 1.807) is 6.07 Å². The summed E-state index contributed by atoms with van der Waals surface area (Å²) in [5, 5.41) is 0. The summed E-state index contributed by atoms with van der Waals surface area (Å²) >= 11 is 0. The molecule has 36 heavy (non-hydrogen) atoms. The fourth-order valence-electron chi connectivity index (χ4n) is 5.17. The number of fused-ring (bicyclic) bond motifs is 2. The van der Waals surface area contributed by atoms with Crippen LogP contribution in [0, 0.1) is 13.1 Å². The molecule has 3 nitrogen and oxygen atoms in total. The average molecular weight is 460 g/mol. The topological polar surface area (TPSA) is 12.0 Å². The second-order valence-electron chi connectivity index (χ2n) is 8.81. The maximum absolute atomic E-state index is 7.44. The molecule has 5 aromatic carbocycles. The summed E-state index contributed by atoms with van der Waals surface area (Å²) in [7, 11) is 0. The second kappa shape index (κ2) is 8.91. The Kier molecular flexibility index (Phi) is 5.30. The monoisotopic (exact) mass is 459 g/mol. The van der Waals surface area contributed by atoms with Crippen LogP contribution in [-0.2, 0) is 0 Å². The van der Waals surface area contributed by atoms with Gasteiger partial charge in [0.2, 0.25) is 0 Å². The summed E-state index contributed by atoms with van der Waals surface area (Å²) < 4.78 is 0. The molecule has 0 radical (unpaired) electrons. The smallest absolute Gasteiger partial charge is 0.177 e. The van der Waals surface area contributed by atoms with Crippen LogP contribution < -0.4 is 4.90 Å². The van der Waals surface area contributed by atoms with E-state index in [-0.39, 0.29) is 5.92 Å². The van der Waals surface area contributed by atoms with E-state index in [9.17, 15) is 0 Å². The van der Waals surface area contributed by atoms with E-state index >= 15 is 0 Å². The van der Waals surface area contributed by atoms with Gasteiger partial charge in [-0.25, -0.2) is 9.69 Å². The summed E-state index contributed by atoms with van der Waals surface area (Å²) in [5.41, 5.74) is 9.94. The molecule has 1 heterocycles. The quantitative estimate of drug-likeness (QED) is 0.240. The van der Waals surface area contributed by atoms with Gasteiger partial charge in [-0.1, -0.05) is 97.1 Å². The van der Waals surface area contributed by atoms with Gasteiger partial charge in [0.25, 0.3) is 0 Å². The molecule has 6 rings (SSSR count). The zero-order chi connectivity index (χ0) is 24.5. The minimum atomic E-state index is 0.148. The molecule has 1 aliphatic heterocycles. The normalized spacial score (nSPS) is 12.2. The molecule has 1 aliphatic rings. The fraction of sp³-hybridized carbons (Fsp3) is 0.0303. The van der Waals surface area contributed by atoms with E-state index < -0.39 is 0 Å². The van der Waals surface area contributed by atoms with Crippen molar-refractivity contribution in [1.82, 2.24) is 0 Å². The third kappa shape index (κ3) is 3.61. The van der Waals surface area contributed by atoms with Crippen LogP contribution in [0.25, 0.3) is 20.8 Å². The van der Waals surface area contributed by atoms with Gasteiger partial charge in [0.05, 0.1) is 24.5 Å². The van der Waals surface area contributed by atoms with E-state index in [0.29, 0.717) is 11.4 Å². The Morgan fingerprint density at radius 3 is 1.72 bits per heavy atom. The van der Waals surface area contributed by atoms with Crippen LogP contribution >= 0.6 is 0 Å². The van der Waals surface area contributed by atoms with Crippen molar-refractivity contribution in [2.24, 2.45) is 0 Å². The van der Waals surface area contributed by atoms with Gasteiger partial charge < -0.3 is 4.90 Å². The number of rotatable bonds is 3. The standard InChI is InChI=1S/C33H21N3/c1-34-26-19-25(20-27(22-26)35-2)24-13-10-14-28(21-24)36-31-17-8-6-15-29(31)33(23-11-4-3-5-12-23)30-16-7-9-18-32(30)36/h3-22,33H. The van der Waals surface area contributed by atoms with E-state index in [4.69, 9.17) is 13.1 Å². The summed E-state index contributed by atoms with van der Waals surface area (Å²) in [6.45, 7) is 14.9. The first kappa shape index (κ1) is 21.4. The van der Waals surface area contributed by atoms with Crippen LogP contribution in [0.4, 0.5) is 28.4 Å². The molecule has 5 aromatic rings. The molecule has 0 spiro atoms. The van der Waals surface area contributed by atoms with E-state index in [1.165, 1.54) is 16.7 Å². The molecule has 0 fully saturated rings. The molecule has 0 aliphatic carbocycles. The lowest BCUT2D eigenvalue weighted by Gasteiger charge is -2.38. The molecule has 0 saturated heterocycles. The van der Waals surface area contributed by atoms with Crippen molar-refractivity contribution in [2.45, 2.75) is 5.92 Å². The van der Waals surface area contributed by atoms with Crippen molar-refractivity contribution in [3.05, 3.63) is 161 Å². The highest BCUT2D eigenvalue weighted by atomic mass is 15.2. The summed E-state index contributed by atoms with van der Waals surface area (Å²) in [6.07, 6.45) is 0. The Morgan fingerprint density at radius 2 is 1.11 bits per heavy atom. The number of nitrogens with zero attached hydrogens (tertiary/aromatic N) is 3. The highest BCUT2D eigenvalue weighted by Crippen LogP contribution is 2.51. The highest BCUT2D eigenvalue weighted by Gasteiger charge is 2.31. The Hall–Kier alpha value is -5.12. The van der Waals surface area contributed by atoms with Crippen LogP contribution in [0.2, 0.25) is 0 Å². The van der Waals surface area contributed by atoms with Gasteiger partial charge in [0, 0.05) is 11.6 Å². The van der Waals surface area contributed by atoms with E-state index in [1.807, 2.05) is 24.3 Å². The van der Waals surface area contributed by atoms with Crippen molar-refractivity contribution < 1.29 is 0 Å². The third-order valence-corrected chi connectivity index (χ3v) is 6.71. The number of benzene rings is 5. The first-order valence-electron chi connectivity index (χ1n) is 11.8. The fourth-order valence-corrected chi connectivity index (χ4v) is 5.17. The number of hydrogen-bond donors (Lipinski definition) is 0. The minimum absolute atomic E-state index is 0.148. The lowest BCUT2D eigenvalue weighted by Crippen LogP contribution is -2.22. The van der Waals surface area contributed by atoms with Crippen LogP contribution in [0.1, 0.15) is 22.6 Å². The molecule has 0 amide bonds. The third-order valence-electron chi connectivity index (χ3n) is 6.71. The molecule has 3 heteroatoms. The van der Waals surface area contributed by atoms with E-state index in [2.05, 4.69) is 106 Å². The Balaban J connectivity index is 1.54. The van der Waals surface area contributed by atoms with Crippen molar-refractivity contribution in [1.29, 1.82) is 0 Å². The average Bonchev–Trinajstić information content (AvgIpc) is 2.96. The molecule has 0 unspecified atom stereocenters. The van der Waals surface area contributed by atoms with Crippen molar-refractivity contribution >= 4 is 28.4 Å². The van der Waals surface area contributed by atoms with Crippen molar-refractivity contribution in [3.8, 4) is 11.1 Å². The summed E-state index contributed by atoms with van der Waals surface area (Å²) in [5.74, 6) is 0.148. The van der Waals surface area contributed by atoms with E-state index in [0.717, 1.165) is 28.2 Å². The highest BCUT2D eigenvalue weighted by molar-refractivity contribution is 5.87. The SMILES string of the molecule is [C-]#[N+]c1cc([N+]#[C-])cc(-c2cccc(N3c4ccccc4C(c4ccccc4)c4ccccc43)c2)c1. The van der Waals surface area contributed by atoms with Gasteiger partial charge in [-0.05, 0) is 52.1 Å². The van der Waals surface area contributed by atoms with Gasteiger partial charge in [-0.2, -0.15) is 0 Å². The molecule has 0 N–H and O–H groups in total. The maximum Gasteiger partial charge on any atom is 0.177 e. The van der Waals surface area contributed by atoms with Crippen LogP contribution in [0.3, 0.4) is 0 Å². The molecule has 0 bridgehead atoms. The molecular formula is C33H21N3. The number of anilines is 3. The predicted octanol–water partition coefficient (Wildman–Crippen LogP) is 9.42. The van der Waals surface area contributed by atoms with Crippen LogP contribution in [-0.4, -0.2) is 0 Å². The molecule has 0 saturated carbocycles. The molecule has 0 aromatic heterocycles. The van der Waals surface area contributed by atoms with Gasteiger partial charge in [0.15, 0.2) is 11.4 Å². The van der Waals surface area contributed by atoms with Gasteiger partial charge in [-0.3, -0.25) is 0 Å². The van der Waals surface area contributed by atoms with Crippen molar-refractivity contribution in [3.63, 3.8) is 0 Å². The second-order valence-corrected chi connectivity index (χ2v) is 8.81. The minimum Gasteiger partial charge on any atom is -0.310 e. The Bertz CT molecular complexity index is 1590. The van der Waals surface area contributed by atoms with Gasteiger partial charge in [0.1, 0.15) is 0 Å². The molecular weight excluding hydrogens is 438 g/mol. The number of para-hydroxylation sites is 2. The van der Waals surface area contributed by atoms with Crippen molar-refractivity contribution in [2.75, 3.05) is 4.90 Å². The molecule has 0 atom stereocenters. The lowest BCUT2D eigenvalue weighted by molar-refractivity contribution is 0.939. The first-order chi connectivity index (χ1) is 17.8. The summed E-state index contributed by atoms with van der Waals surface area (Å²) in [6, 6.07) is 41.6. The predicted molar refractivity (Wildman–Crippen MR) is 146 cm³/mol. The number of hydrogen-bond acceptors (Lipinski definition) is 1. The molecule has 168 valence electrons. The van der Waals surface area contributed by atoms with Crippen LogP contribution in [0.15, 0.2) is 121 Å². The largest absolute Gasteiger partial charge is 0.310 e. The maximum atomic E-state index is 7.44.